The van der Waals surface area contributed by atoms with Crippen molar-refractivity contribution >= 4 is 0 Å². The van der Waals surface area contributed by atoms with Gasteiger partial charge in [-0.3, -0.25) is 4.90 Å². The summed E-state index contributed by atoms with van der Waals surface area (Å²) in [5.74, 6) is 0. The van der Waals surface area contributed by atoms with E-state index in [1.54, 1.807) is 0 Å². The molecule has 18 heavy (non-hydrogen) atoms. The minimum absolute atomic E-state index is 0.796. The lowest BCUT2D eigenvalue weighted by molar-refractivity contribution is 0.290. The van der Waals surface area contributed by atoms with Gasteiger partial charge in [-0.15, -0.1) is 0 Å². The smallest absolute Gasteiger partial charge is 0.0237 e. The molecule has 1 aliphatic carbocycles. The number of rotatable bonds is 5. The molecule has 0 saturated heterocycles. The monoisotopic (exact) mass is 242 g/mol. The van der Waals surface area contributed by atoms with Gasteiger partial charge in [-0.1, -0.05) is 36.4 Å². The van der Waals surface area contributed by atoms with E-state index in [9.17, 15) is 0 Å². The Hall–Kier alpha value is -1.12. The second-order valence-corrected chi connectivity index (χ2v) is 5.47. The first-order valence-electron chi connectivity index (χ1n) is 7.09. The van der Waals surface area contributed by atoms with E-state index in [0.29, 0.717) is 0 Å². The zero-order valence-corrected chi connectivity index (χ0v) is 10.9. The minimum Gasteiger partial charge on any atom is -0.310 e. The summed E-state index contributed by atoms with van der Waals surface area (Å²) >= 11 is 0. The molecule has 1 fully saturated rings. The van der Waals surface area contributed by atoms with Crippen molar-refractivity contribution in [1.29, 1.82) is 0 Å². The van der Waals surface area contributed by atoms with Gasteiger partial charge in [0.1, 0.15) is 0 Å². The molecule has 2 nitrogen and oxygen atoms in total. The van der Waals surface area contributed by atoms with Crippen LogP contribution in [-0.2, 0) is 13.1 Å². The largest absolute Gasteiger partial charge is 0.310 e. The summed E-state index contributed by atoms with van der Waals surface area (Å²) in [4.78, 5) is 2.50. The molecule has 0 aromatic heterocycles. The number of nitrogens with zero attached hydrogens (tertiary/aromatic N) is 1. The molecule has 2 aliphatic rings. The van der Waals surface area contributed by atoms with Crippen LogP contribution in [0, 0.1) is 0 Å². The highest BCUT2D eigenvalue weighted by molar-refractivity contribution is 5.22. The molecule has 0 spiro atoms. The topological polar surface area (TPSA) is 15.3 Å². The summed E-state index contributed by atoms with van der Waals surface area (Å²) < 4.78 is 0. The first-order valence-corrected chi connectivity index (χ1v) is 7.09. The molecule has 1 heterocycles. The first kappa shape index (κ1) is 11.9. The zero-order chi connectivity index (χ0) is 12.2. The highest BCUT2D eigenvalue weighted by Gasteiger charge is 2.19. The van der Waals surface area contributed by atoms with Gasteiger partial charge in [-0.05, 0) is 30.4 Å². The molecule has 0 bridgehead atoms. The second kappa shape index (κ2) is 5.68. The van der Waals surface area contributed by atoms with Gasteiger partial charge in [0.25, 0.3) is 0 Å². The molecule has 0 atom stereocenters. The van der Waals surface area contributed by atoms with E-state index in [4.69, 9.17) is 0 Å². The van der Waals surface area contributed by atoms with Crippen LogP contribution in [0.2, 0.25) is 0 Å². The Labute approximate surface area is 110 Å². The van der Waals surface area contributed by atoms with Crippen molar-refractivity contribution in [3.63, 3.8) is 0 Å². The third-order valence-corrected chi connectivity index (χ3v) is 3.74. The molecule has 96 valence electrons. The Morgan fingerprint density at radius 3 is 2.50 bits per heavy atom. The maximum atomic E-state index is 3.55. The first-order chi connectivity index (χ1) is 8.90. The van der Waals surface area contributed by atoms with Crippen molar-refractivity contribution in [1.82, 2.24) is 10.2 Å². The van der Waals surface area contributed by atoms with Crippen LogP contribution in [0.1, 0.15) is 30.4 Å². The Kier molecular flexibility index (Phi) is 3.77. The molecule has 3 rings (SSSR count). The van der Waals surface area contributed by atoms with Crippen LogP contribution in [0.25, 0.3) is 0 Å². The SMILES string of the molecule is C1=CCN(Cc2ccc(CNC3CC3)cc2)CC1. The zero-order valence-electron chi connectivity index (χ0n) is 10.9. The highest BCUT2D eigenvalue weighted by Crippen LogP contribution is 2.19. The maximum Gasteiger partial charge on any atom is 0.0237 e. The molecule has 1 aromatic carbocycles. The molecule has 1 saturated carbocycles. The van der Waals surface area contributed by atoms with Crippen LogP contribution in [0.3, 0.4) is 0 Å². The van der Waals surface area contributed by atoms with E-state index in [1.165, 1.54) is 36.9 Å². The number of nitrogens with one attached hydrogen (secondary N) is 1. The summed E-state index contributed by atoms with van der Waals surface area (Å²) in [5.41, 5.74) is 2.84. The maximum absolute atomic E-state index is 3.55. The van der Waals surface area contributed by atoms with Gasteiger partial charge in [-0.2, -0.15) is 0 Å². The average molecular weight is 242 g/mol. The second-order valence-electron chi connectivity index (χ2n) is 5.47. The fourth-order valence-corrected chi connectivity index (χ4v) is 2.40. The minimum atomic E-state index is 0.796. The summed E-state index contributed by atoms with van der Waals surface area (Å²) in [6, 6.07) is 9.89. The molecule has 1 N–H and O–H groups in total. The number of benzene rings is 1. The normalized spacial score (nSPS) is 20.2. The standard InChI is InChI=1S/C16H22N2/c1-2-10-18(11-3-1)13-15-6-4-14(5-7-15)12-17-16-8-9-16/h1-2,4-7,16-17H,3,8-13H2. The van der Waals surface area contributed by atoms with Gasteiger partial charge in [0.15, 0.2) is 0 Å². The summed E-state index contributed by atoms with van der Waals surface area (Å²) in [6.45, 7) is 4.41. The fourth-order valence-electron chi connectivity index (χ4n) is 2.40. The van der Waals surface area contributed by atoms with Crippen LogP contribution < -0.4 is 5.32 Å². The van der Waals surface area contributed by atoms with Crippen molar-refractivity contribution in [3.05, 3.63) is 47.5 Å². The van der Waals surface area contributed by atoms with Crippen LogP contribution in [-0.4, -0.2) is 24.0 Å². The van der Waals surface area contributed by atoms with E-state index >= 15 is 0 Å². The van der Waals surface area contributed by atoms with Crippen LogP contribution in [0.4, 0.5) is 0 Å². The third-order valence-electron chi connectivity index (χ3n) is 3.74. The van der Waals surface area contributed by atoms with Gasteiger partial charge in [0, 0.05) is 32.2 Å². The van der Waals surface area contributed by atoms with Crippen molar-refractivity contribution in [3.8, 4) is 0 Å². The Bertz CT molecular complexity index is 404. The quantitative estimate of drug-likeness (QED) is 0.799. The van der Waals surface area contributed by atoms with Crippen LogP contribution in [0.5, 0.6) is 0 Å². The molecule has 2 heteroatoms. The van der Waals surface area contributed by atoms with Gasteiger partial charge in [0.05, 0.1) is 0 Å². The molecular formula is C16H22N2. The molecule has 0 unspecified atom stereocenters. The van der Waals surface area contributed by atoms with Crippen molar-refractivity contribution < 1.29 is 0 Å². The predicted molar refractivity (Wildman–Crippen MR) is 75.3 cm³/mol. The van der Waals surface area contributed by atoms with Gasteiger partial charge in [-0.25, -0.2) is 0 Å². The third kappa shape index (κ3) is 3.44. The van der Waals surface area contributed by atoms with Crippen molar-refractivity contribution in [2.45, 2.75) is 38.4 Å². The van der Waals surface area contributed by atoms with Crippen molar-refractivity contribution in [2.75, 3.05) is 13.1 Å². The van der Waals surface area contributed by atoms with Crippen LogP contribution in [0.15, 0.2) is 36.4 Å². The van der Waals surface area contributed by atoms with E-state index in [2.05, 4.69) is 46.6 Å². The summed E-state index contributed by atoms with van der Waals surface area (Å²) in [7, 11) is 0. The molecule has 0 amide bonds. The highest BCUT2D eigenvalue weighted by atomic mass is 15.1. The van der Waals surface area contributed by atoms with Gasteiger partial charge >= 0.3 is 0 Å². The number of hydrogen-bond acceptors (Lipinski definition) is 2. The van der Waals surface area contributed by atoms with E-state index in [-0.39, 0.29) is 0 Å². The van der Waals surface area contributed by atoms with Gasteiger partial charge < -0.3 is 5.32 Å². The molecule has 0 radical (unpaired) electrons. The van der Waals surface area contributed by atoms with Gasteiger partial charge in [0.2, 0.25) is 0 Å². The fraction of sp³-hybridized carbons (Fsp3) is 0.500. The molecule has 1 aliphatic heterocycles. The average Bonchev–Trinajstić information content (AvgIpc) is 3.23. The Morgan fingerprint density at radius 1 is 1.06 bits per heavy atom. The summed E-state index contributed by atoms with van der Waals surface area (Å²) in [6.07, 6.45) is 8.48. The molecule has 1 aromatic rings. The van der Waals surface area contributed by atoms with E-state index in [0.717, 1.165) is 25.7 Å². The van der Waals surface area contributed by atoms with Crippen LogP contribution >= 0.6 is 0 Å². The lowest BCUT2D eigenvalue weighted by Gasteiger charge is -2.23. The Morgan fingerprint density at radius 2 is 1.83 bits per heavy atom. The van der Waals surface area contributed by atoms with E-state index < -0.39 is 0 Å². The Balaban J connectivity index is 1.51. The summed E-state index contributed by atoms with van der Waals surface area (Å²) in [5, 5.41) is 3.55. The number of hydrogen-bond donors (Lipinski definition) is 1. The van der Waals surface area contributed by atoms with E-state index in [1.807, 2.05) is 0 Å². The van der Waals surface area contributed by atoms with Crippen molar-refractivity contribution in [2.24, 2.45) is 0 Å². The lowest BCUT2D eigenvalue weighted by Crippen LogP contribution is -2.26. The predicted octanol–water partition coefficient (Wildman–Crippen LogP) is 2.70. The lowest BCUT2D eigenvalue weighted by atomic mass is 10.1. The molecular weight excluding hydrogens is 220 g/mol.